The number of H-pyrrole nitrogens is 1. The summed E-state index contributed by atoms with van der Waals surface area (Å²) in [5.74, 6) is 5.78. The van der Waals surface area contributed by atoms with Crippen LogP contribution in [-0.2, 0) is 9.53 Å². The summed E-state index contributed by atoms with van der Waals surface area (Å²) in [6.07, 6.45) is 0.0361. The number of hydrogen-bond donors (Lipinski definition) is 1. The summed E-state index contributed by atoms with van der Waals surface area (Å²) < 4.78 is 4.78. The number of nitrogens with zero attached hydrogens (tertiary/aromatic N) is 1. The Morgan fingerprint density at radius 3 is 3.00 bits per heavy atom. The molecule has 1 heterocycles. The number of fused-ring (bicyclic) bond motifs is 1. The number of carbonyl (C=O) groups excluding carboxylic acids is 1. The topological polar surface area (TPSA) is 72.0 Å². The Bertz CT molecular complexity index is 766. The summed E-state index contributed by atoms with van der Waals surface area (Å²) in [4.78, 5) is 29.8. The summed E-state index contributed by atoms with van der Waals surface area (Å²) in [7, 11) is 0. The molecule has 0 atom stereocenters. The molecule has 0 fully saturated rings. The molecule has 5 heteroatoms. The van der Waals surface area contributed by atoms with E-state index in [4.69, 9.17) is 4.74 Å². The van der Waals surface area contributed by atoms with E-state index >= 15 is 0 Å². The standard InChI is InChI=1S/C15H14N2O3/c1-3-20-14(18)6-4-5-11-7-8-13-12(9-11)15(19)17-10(2)16-13/h7-9H,3,6H2,1-2H3,(H,16,17,19). The molecule has 1 aromatic carbocycles. The maximum Gasteiger partial charge on any atom is 0.317 e. The van der Waals surface area contributed by atoms with Gasteiger partial charge in [-0.1, -0.05) is 11.8 Å². The van der Waals surface area contributed by atoms with Crippen molar-refractivity contribution < 1.29 is 9.53 Å². The van der Waals surface area contributed by atoms with E-state index < -0.39 is 0 Å². The third-order valence-corrected chi connectivity index (χ3v) is 2.59. The van der Waals surface area contributed by atoms with Crippen molar-refractivity contribution in [1.29, 1.82) is 0 Å². The van der Waals surface area contributed by atoms with Gasteiger partial charge in [0.05, 0.1) is 17.5 Å². The van der Waals surface area contributed by atoms with Gasteiger partial charge in [0.1, 0.15) is 12.2 Å². The molecular formula is C15H14N2O3. The van der Waals surface area contributed by atoms with E-state index in [0.717, 1.165) is 0 Å². The lowest BCUT2D eigenvalue weighted by molar-refractivity contribution is -0.141. The Balaban J connectivity index is 2.27. The van der Waals surface area contributed by atoms with Crippen LogP contribution in [0, 0.1) is 18.8 Å². The van der Waals surface area contributed by atoms with Gasteiger partial charge in [0.15, 0.2) is 0 Å². The molecule has 0 aliphatic rings. The predicted octanol–water partition coefficient (Wildman–Crippen LogP) is 1.54. The van der Waals surface area contributed by atoms with Gasteiger partial charge in [-0.25, -0.2) is 4.98 Å². The van der Waals surface area contributed by atoms with Crippen molar-refractivity contribution >= 4 is 16.9 Å². The molecule has 0 radical (unpaired) electrons. The fourth-order valence-electron chi connectivity index (χ4n) is 1.76. The number of benzene rings is 1. The zero-order chi connectivity index (χ0) is 14.5. The largest absolute Gasteiger partial charge is 0.465 e. The molecule has 5 nitrogen and oxygen atoms in total. The monoisotopic (exact) mass is 270 g/mol. The van der Waals surface area contributed by atoms with Gasteiger partial charge in [-0.3, -0.25) is 9.59 Å². The maximum atomic E-state index is 11.8. The van der Waals surface area contributed by atoms with Crippen LogP contribution in [-0.4, -0.2) is 22.5 Å². The molecule has 1 aromatic heterocycles. The second-order valence-electron chi connectivity index (χ2n) is 4.17. The highest BCUT2D eigenvalue weighted by Crippen LogP contribution is 2.09. The first kappa shape index (κ1) is 13.8. The fraction of sp³-hybridized carbons (Fsp3) is 0.267. The molecule has 0 aliphatic carbocycles. The van der Waals surface area contributed by atoms with Crippen LogP contribution in [0.3, 0.4) is 0 Å². The SMILES string of the molecule is CCOC(=O)CC#Cc1ccc2nc(C)[nH]c(=O)c2c1. The second kappa shape index (κ2) is 6.02. The van der Waals surface area contributed by atoms with Gasteiger partial charge in [-0.15, -0.1) is 0 Å². The highest BCUT2D eigenvalue weighted by Gasteiger charge is 2.02. The number of rotatable bonds is 2. The summed E-state index contributed by atoms with van der Waals surface area (Å²) in [5.41, 5.74) is 1.10. The van der Waals surface area contributed by atoms with Crippen LogP contribution in [0.5, 0.6) is 0 Å². The van der Waals surface area contributed by atoms with Gasteiger partial charge in [0.25, 0.3) is 5.56 Å². The van der Waals surface area contributed by atoms with Crippen molar-refractivity contribution in [3.63, 3.8) is 0 Å². The number of hydrogen-bond acceptors (Lipinski definition) is 4. The Morgan fingerprint density at radius 2 is 2.25 bits per heavy atom. The lowest BCUT2D eigenvalue weighted by Crippen LogP contribution is -2.09. The lowest BCUT2D eigenvalue weighted by atomic mass is 10.1. The van der Waals surface area contributed by atoms with E-state index in [0.29, 0.717) is 28.9 Å². The minimum Gasteiger partial charge on any atom is -0.465 e. The predicted molar refractivity (Wildman–Crippen MR) is 75.2 cm³/mol. The number of esters is 1. The second-order valence-corrected chi connectivity index (χ2v) is 4.17. The molecule has 20 heavy (non-hydrogen) atoms. The Morgan fingerprint density at radius 1 is 1.45 bits per heavy atom. The lowest BCUT2D eigenvalue weighted by Gasteiger charge is -1.99. The highest BCUT2D eigenvalue weighted by atomic mass is 16.5. The minimum atomic E-state index is -0.351. The zero-order valence-electron chi connectivity index (χ0n) is 11.3. The first-order valence-electron chi connectivity index (χ1n) is 6.25. The number of nitrogens with one attached hydrogen (secondary N) is 1. The first-order chi connectivity index (χ1) is 9.60. The molecule has 0 amide bonds. The van der Waals surface area contributed by atoms with Crippen LogP contribution >= 0.6 is 0 Å². The molecule has 0 bridgehead atoms. The normalized spacial score (nSPS) is 9.90. The molecule has 2 rings (SSSR count). The van der Waals surface area contributed by atoms with Crippen LogP contribution in [0.15, 0.2) is 23.0 Å². The third kappa shape index (κ3) is 3.23. The van der Waals surface area contributed by atoms with E-state index in [-0.39, 0.29) is 17.9 Å². The number of aromatic amines is 1. The van der Waals surface area contributed by atoms with E-state index in [9.17, 15) is 9.59 Å². The third-order valence-electron chi connectivity index (χ3n) is 2.59. The number of aryl methyl sites for hydroxylation is 1. The van der Waals surface area contributed by atoms with Crippen molar-refractivity contribution in [2.75, 3.05) is 6.61 Å². The summed E-state index contributed by atoms with van der Waals surface area (Å²) >= 11 is 0. The number of ether oxygens (including phenoxy) is 1. The molecule has 2 aromatic rings. The van der Waals surface area contributed by atoms with Gasteiger partial charge in [0, 0.05) is 5.56 Å². The van der Waals surface area contributed by atoms with E-state index in [1.807, 2.05) is 0 Å². The average Bonchev–Trinajstić information content (AvgIpc) is 2.39. The summed E-state index contributed by atoms with van der Waals surface area (Å²) in [6.45, 7) is 3.82. The Hall–Kier alpha value is -2.61. The van der Waals surface area contributed by atoms with Gasteiger partial charge in [-0.05, 0) is 32.0 Å². The van der Waals surface area contributed by atoms with Gasteiger partial charge in [-0.2, -0.15) is 0 Å². The maximum absolute atomic E-state index is 11.8. The molecular weight excluding hydrogens is 256 g/mol. The van der Waals surface area contributed by atoms with Crippen molar-refractivity contribution in [2.24, 2.45) is 0 Å². The van der Waals surface area contributed by atoms with Gasteiger partial charge >= 0.3 is 5.97 Å². The summed E-state index contributed by atoms with van der Waals surface area (Å²) in [5, 5.41) is 0.485. The van der Waals surface area contributed by atoms with E-state index in [1.54, 1.807) is 32.0 Å². The molecule has 102 valence electrons. The van der Waals surface area contributed by atoms with Crippen molar-refractivity contribution in [2.45, 2.75) is 20.3 Å². The highest BCUT2D eigenvalue weighted by molar-refractivity contribution is 5.79. The fourth-order valence-corrected chi connectivity index (χ4v) is 1.76. The Labute approximate surface area is 116 Å². The molecule has 1 N–H and O–H groups in total. The molecule has 0 saturated carbocycles. The van der Waals surface area contributed by atoms with E-state index in [2.05, 4.69) is 21.8 Å². The summed E-state index contributed by atoms with van der Waals surface area (Å²) in [6, 6.07) is 5.18. The number of aromatic nitrogens is 2. The van der Waals surface area contributed by atoms with Crippen LogP contribution in [0.2, 0.25) is 0 Å². The minimum absolute atomic E-state index is 0.0361. The molecule has 0 unspecified atom stereocenters. The van der Waals surface area contributed by atoms with Gasteiger partial charge in [0.2, 0.25) is 0 Å². The molecule has 0 spiro atoms. The van der Waals surface area contributed by atoms with E-state index in [1.165, 1.54) is 0 Å². The number of carbonyl (C=O) groups is 1. The van der Waals surface area contributed by atoms with Crippen LogP contribution in [0.1, 0.15) is 24.7 Å². The first-order valence-corrected chi connectivity index (χ1v) is 6.25. The average molecular weight is 270 g/mol. The van der Waals surface area contributed by atoms with Crippen molar-refractivity contribution in [1.82, 2.24) is 9.97 Å². The van der Waals surface area contributed by atoms with Crippen LogP contribution in [0.25, 0.3) is 10.9 Å². The van der Waals surface area contributed by atoms with Crippen LogP contribution < -0.4 is 5.56 Å². The van der Waals surface area contributed by atoms with Crippen LogP contribution in [0.4, 0.5) is 0 Å². The zero-order valence-corrected chi connectivity index (χ0v) is 11.3. The quantitative estimate of drug-likeness (QED) is 0.663. The van der Waals surface area contributed by atoms with Crippen molar-refractivity contribution in [3.8, 4) is 11.8 Å². The van der Waals surface area contributed by atoms with Crippen molar-refractivity contribution in [3.05, 3.63) is 39.9 Å². The van der Waals surface area contributed by atoms with Gasteiger partial charge < -0.3 is 9.72 Å². The smallest absolute Gasteiger partial charge is 0.317 e. The Kier molecular flexibility index (Phi) is 4.16. The molecule has 0 aliphatic heterocycles. The molecule has 0 saturated heterocycles.